The molecule has 25 heavy (non-hydrogen) atoms. The second kappa shape index (κ2) is 8.01. The molecule has 1 amide bonds. The summed E-state index contributed by atoms with van der Waals surface area (Å²) in [6, 6.07) is 13.3. The van der Waals surface area contributed by atoms with Gasteiger partial charge in [-0.2, -0.15) is 0 Å². The highest BCUT2D eigenvalue weighted by atomic mass is 19.1. The zero-order valence-electron chi connectivity index (χ0n) is 13.4. The van der Waals surface area contributed by atoms with Crippen LogP contribution >= 0.6 is 0 Å². The molecule has 0 unspecified atom stereocenters. The van der Waals surface area contributed by atoms with Gasteiger partial charge in [-0.3, -0.25) is 9.78 Å². The van der Waals surface area contributed by atoms with Crippen molar-refractivity contribution < 1.29 is 9.18 Å². The first-order chi connectivity index (χ1) is 12.2. The summed E-state index contributed by atoms with van der Waals surface area (Å²) in [5.41, 5.74) is 2.42. The zero-order valence-corrected chi connectivity index (χ0v) is 13.4. The van der Waals surface area contributed by atoms with Crippen molar-refractivity contribution >= 4 is 17.4 Å². The topological polar surface area (TPSA) is 66.9 Å². The van der Waals surface area contributed by atoms with Gasteiger partial charge < -0.3 is 10.6 Å². The minimum absolute atomic E-state index is 0.176. The highest BCUT2D eigenvalue weighted by Crippen LogP contribution is 2.12. The molecule has 0 spiro atoms. The lowest BCUT2D eigenvalue weighted by Crippen LogP contribution is -2.14. The standard InChI is InChI=1S/C19H17FN4O/c20-16-5-3-14(4-6-16)10-19(25)24-17-7-8-18(23-13-17)22-12-15-2-1-9-21-11-15/h1-9,11,13H,10,12H2,(H,22,23)(H,24,25). The van der Waals surface area contributed by atoms with Crippen molar-refractivity contribution in [2.75, 3.05) is 10.6 Å². The predicted octanol–water partition coefficient (Wildman–Crippen LogP) is 3.41. The third-order valence-corrected chi connectivity index (χ3v) is 3.52. The van der Waals surface area contributed by atoms with E-state index in [1.807, 2.05) is 12.1 Å². The molecule has 0 aliphatic heterocycles. The van der Waals surface area contributed by atoms with Gasteiger partial charge in [-0.05, 0) is 41.5 Å². The van der Waals surface area contributed by atoms with E-state index in [9.17, 15) is 9.18 Å². The van der Waals surface area contributed by atoms with Crippen LogP contribution in [0, 0.1) is 5.82 Å². The van der Waals surface area contributed by atoms with Gasteiger partial charge >= 0.3 is 0 Å². The Labute approximate surface area is 145 Å². The van der Waals surface area contributed by atoms with Gasteiger partial charge in [-0.15, -0.1) is 0 Å². The summed E-state index contributed by atoms with van der Waals surface area (Å²) in [5.74, 6) is 0.215. The van der Waals surface area contributed by atoms with Crippen LogP contribution in [-0.2, 0) is 17.8 Å². The molecule has 126 valence electrons. The van der Waals surface area contributed by atoms with Crippen molar-refractivity contribution in [3.8, 4) is 0 Å². The highest BCUT2D eigenvalue weighted by Gasteiger charge is 2.05. The summed E-state index contributed by atoms with van der Waals surface area (Å²) in [5, 5.41) is 5.96. The van der Waals surface area contributed by atoms with E-state index in [-0.39, 0.29) is 18.1 Å². The third-order valence-electron chi connectivity index (χ3n) is 3.52. The van der Waals surface area contributed by atoms with Crippen LogP contribution < -0.4 is 10.6 Å². The number of nitrogens with one attached hydrogen (secondary N) is 2. The molecular weight excluding hydrogens is 319 g/mol. The smallest absolute Gasteiger partial charge is 0.228 e. The molecule has 0 radical (unpaired) electrons. The number of rotatable bonds is 6. The molecule has 2 aromatic heterocycles. The maximum absolute atomic E-state index is 12.9. The quantitative estimate of drug-likeness (QED) is 0.724. The Hall–Kier alpha value is -3.28. The maximum atomic E-state index is 12.9. The summed E-state index contributed by atoms with van der Waals surface area (Å²) in [6.45, 7) is 0.622. The molecule has 1 aromatic carbocycles. The van der Waals surface area contributed by atoms with Crippen molar-refractivity contribution in [3.05, 3.63) is 84.1 Å². The number of anilines is 2. The average Bonchev–Trinajstić information content (AvgIpc) is 2.64. The first-order valence-corrected chi connectivity index (χ1v) is 7.82. The predicted molar refractivity (Wildman–Crippen MR) is 94.5 cm³/mol. The molecule has 0 aliphatic rings. The van der Waals surface area contributed by atoms with Crippen LogP contribution in [0.2, 0.25) is 0 Å². The van der Waals surface area contributed by atoms with Crippen molar-refractivity contribution in [2.45, 2.75) is 13.0 Å². The number of pyridine rings is 2. The number of halogens is 1. The Kier molecular flexibility index (Phi) is 5.31. The molecule has 0 saturated heterocycles. The second-order valence-corrected chi connectivity index (χ2v) is 5.50. The van der Waals surface area contributed by atoms with Gasteiger partial charge in [0.2, 0.25) is 5.91 Å². The SMILES string of the molecule is O=C(Cc1ccc(F)cc1)Nc1ccc(NCc2cccnc2)nc1. The lowest BCUT2D eigenvalue weighted by Gasteiger charge is -2.08. The number of nitrogens with zero attached hydrogens (tertiary/aromatic N) is 2. The second-order valence-electron chi connectivity index (χ2n) is 5.50. The van der Waals surface area contributed by atoms with Gasteiger partial charge in [-0.1, -0.05) is 18.2 Å². The van der Waals surface area contributed by atoms with Gasteiger partial charge in [0.25, 0.3) is 0 Å². The minimum atomic E-state index is -0.317. The summed E-state index contributed by atoms with van der Waals surface area (Å²) in [7, 11) is 0. The van der Waals surface area contributed by atoms with E-state index in [0.29, 0.717) is 18.1 Å². The Bertz CT molecular complexity index is 820. The first-order valence-electron chi connectivity index (χ1n) is 7.82. The molecule has 0 bridgehead atoms. The van der Waals surface area contributed by atoms with E-state index in [2.05, 4.69) is 20.6 Å². The largest absolute Gasteiger partial charge is 0.366 e. The molecule has 0 aliphatic carbocycles. The monoisotopic (exact) mass is 336 g/mol. The molecule has 3 rings (SSSR count). The minimum Gasteiger partial charge on any atom is -0.366 e. The molecule has 6 heteroatoms. The molecule has 0 saturated carbocycles. The van der Waals surface area contributed by atoms with Crippen molar-refractivity contribution in [1.82, 2.24) is 9.97 Å². The lowest BCUT2D eigenvalue weighted by atomic mass is 10.1. The number of carbonyl (C=O) groups is 1. The number of amides is 1. The maximum Gasteiger partial charge on any atom is 0.228 e. The Morgan fingerprint density at radius 1 is 1.00 bits per heavy atom. The van der Waals surface area contributed by atoms with Crippen molar-refractivity contribution in [1.29, 1.82) is 0 Å². The van der Waals surface area contributed by atoms with Crippen LogP contribution in [0.15, 0.2) is 67.1 Å². The summed E-state index contributed by atoms with van der Waals surface area (Å²) in [4.78, 5) is 20.3. The summed E-state index contributed by atoms with van der Waals surface area (Å²) < 4.78 is 12.9. The highest BCUT2D eigenvalue weighted by molar-refractivity contribution is 5.92. The molecule has 2 heterocycles. The van der Waals surface area contributed by atoms with Crippen LogP contribution in [0.3, 0.4) is 0 Å². The Morgan fingerprint density at radius 3 is 2.52 bits per heavy atom. The molecule has 3 aromatic rings. The van der Waals surface area contributed by atoms with Crippen LogP contribution in [0.25, 0.3) is 0 Å². The Balaban J connectivity index is 1.51. The van der Waals surface area contributed by atoms with Gasteiger partial charge in [-0.25, -0.2) is 9.37 Å². The van der Waals surface area contributed by atoms with Crippen LogP contribution in [-0.4, -0.2) is 15.9 Å². The number of benzene rings is 1. The van der Waals surface area contributed by atoms with E-state index in [0.717, 1.165) is 11.1 Å². The van der Waals surface area contributed by atoms with Crippen LogP contribution in [0.4, 0.5) is 15.9 Å². The van der Waals surface area contributed by atoms with E-state index < -0.39 is 0 Å². The van der Waals surface area contributed by atoms with Crippen molar-refractivity contribution in [2.24, 2.45) is 0 Å². The molecule has 0 fully saturated rings. The molecule has 2 N–H and O–H groups in total. The summed E-state index contributed by atoms with van der Waals surface area (Å²) >= 11 is 0. The fraction of sp³-hybridized carbons (Fsp3) is 0.105. The fourth-order valence-electron chi connectivity index (χ4n) is 2.26. The van der Waals surface area contributed by atoms with Crippen LogP contribution in [0.5, 0.6) is 0 Å². The number of carbonyl (C=O) groups excluding carboxylic acids is 1. The Morgan fingerprint density at radius 2 is 1.84 bits per heavy atom. The van der Waals surface area contributed by atoms with E-state index in [1.165, 1.54) is 12.1 Å². The van der Waals surface area contributed by atoms with Gasteiger partial charge in [0, 0.05) is 18.9 Å². The van der Waals surface area contributed by atoms with E-state index >= 15 is 0 Å². The first kappa shape index (κ1) is 16.6. The van der Waals surface area contributed by atoms with Gasteiger partial charge in [0.15, 0.2) is 0 Å². The van der Waals surface area contributed by atoms with Gasteiger partial charge in [0.05, 0.1) is 18.3 Å². The normalized spacial score (nSPS) is 10.3. The van der Waals surface area contributed by atoms with Gasteiger partial charge in [0.1, 0.15) is 11.6 Å². The number of hydrogen-bond donors (Lipinski definition) is 2. The average molecular weight is 336 g/mol. The number of aromatic nitrogens is 2. The van der Waals surface area contributed by atoms with E-state index in [1.54, 1.807) is 42.9 Å². The number of hydrogen-bond acceptors (Lipinski definition) is 4. The van der Waals surface area contributed by atoms with Crippen LogP contribution in [0.1, 0.15) is 11.1 Å². The molecule has 5 nitrogen and oxygen atoms in total. The van der Waals surface area contributed by atoms with Crippen molar-refractivity contribution in [3.63, 3.8) is 0 Å². The van der Waals surface area contributed by atoms with E-state index in [4.69, 9.17) is 0 Å². The summed E-state index contributed by atoms with van der Waals surface area (Å²) in [6.07, 6.45) is 5.29. The lowest BCUT2D eigenvalue weighted by molar-refractivity contribution is -0.115. The third kappa shape index (κ3) is 5.10. The fourth-order valence-corrected chi connectivity index (χ4v) is 2.26. The molecule has 0 atom stereocenters. The zero-order chi connectivity index (χ0) is 17.5. The molecular formula is C19H17FN4O.